The number of nitro groups is 1. The Hall–Kier alpha value is -2.12. The fourth-order valence-electron chi connectivity index (χ4n) is 2.18. The summed E-state index contributed by atoms with van der Waals surface area (Å²) in [7, 11) is 0. The number of carbonyl (C=O) groups is 1. The zero-order valence-corrected chi connectivity index (χ0v) is 14.7. The van der Waals surface area contributed by atoms with Crippen LogP contribution < -0.4 is 10.6 Å². The maximum Gasteiger partial charge on any atom is 0.293 e. The molecule has 0 radical (unpaired) electrons. The molecule has 3 rings (SSSR count). The number of nitro benzene ring substituents is 1. The largest absolute Gasteiger partial charge is 0.377 e. The summed E-state index contributed by atoms with van der Waals surface area (Å²) in [6.07, 6.45) is 2.00. The number of nitrogens with one attached hydrogen (secondary N) is 2. The third-order valence-corrected chi connectivity index (χ3v) is 4.38. The molecule has 2 N–H and O–H groups in total. The fourth-order valence-corrected chi connectivity index (χ4v) is 2.90. The van der Waals surface area contributed by atoms with Crippen molar-refractivity contribution in [3.8, 4) is 0 Å². The molecular formula is C16H13BrClN3O3. The quantitative estimate of drug-likeness (QED) is 0.546. The van der Waals surface area contributed by atoms with Crippen LogP contribution in [0.25, 0.3) is 0 Å². The average Bonchev–Trinajstić information content (AvgIpc) is 3.34. The van der Waals surface area contributed by atoms with Crippen molar-refractivity contribution < 1.29 is 9.72 Å². The van der Waals surface area contributed by atoms with Crippen LogP contribution in [0.1, 0.15) is 23.2 Å². The average molecular weight is 411 g/mol. The summed E-state index contributed by atoms with van der Waals surface area (Å²) in [5.41, 5.74) is 0.951. The molecule has 0 spiro atoms. The molecule has 0 heterocycles. The van der Waals surface area contributed by atoms with Crippen LogP contribution in [0.4, 0.5) is 17.1 Å². The zero-order chi connectivity index (χ0) is 17.3. The summed E-state index contributed by atoms with van der Waals surface area (Å²) < 4.78 is 0.789. The minimum atomic E-state index is -0.492. The van der Waals surface area contributed by atoms with Gasteiger partial charge in [-0.2, -0.15) is 0 Å². The van der Waals surface area contributed by atoms with E-state index in [9.17, 15) is 14.9 Å². The molecule has 24 heavy (non-hydrogen) atoms. The predicted octanol–water partition coefficient (Wildman–Crippen LogP) is 4.84. The molecule has 0 aromatic heterocycles. The van der Waals surface area contributed by atoms with Crippen molar-refractivity contribution in [3.63, 3.8) is 0 Å². The van der Waals surface area contributed by atoms with Gasteiger partial charge in [-0.05, 0) is 43.2 Å². The highest BCUT2D eigenvalue weighted by Gasteiger charge is 2.25. The molecule has 0 unspecified atom stereocenters. The molecule has 0 atom stereocenters. The van der Waals surface area contributed by atoms with Gasteiger partial charge in [0.25, 0.3) is 11.6 Å². The fraction of sp³-hybridized carbons (Fsp3) is 0.188. The monoisotopic (exact) mass is 409 g/mol. The van der Waals surface area contributed by atoms with Gasteiger partial charge in [-0.3, -0.25) is 14.9 Å². The van der Waals surface area contributed by atoms with Gasteiger partial charge in [0.05, 0.1) is 15.6 Å². The number of rotatable bonds is 5. The summed E-state index contributed by atoms with van der Waals surface area (Å²) in [5.74, 6) is -0.458. The standard InChI is InChI=1S/C16H13BrClN3O3/c17-10-2-6-13(12(18)8-10)20-16(22)9-1-5-14(19-11-3-4-11)15(7-9)21(23)24/h1-2,5-8,11,19H,3-4H2,(H,20,22). The Labute approximate surface area is 151 Å². The smallest absolute Gasteiger partial charge is 0.293 e. The first-order valence-electron chi connectivity index (χ1n) is 7.25. The minimum absolute atomic E-state index is 0.114. The van der Waals surface area contributed by atoms with Gasteiger partial charge in [0, 0.05) is 22.1 Å². The maximum absolute atomic E-state index is 12.3. The molecule has 2 aromatic rings. The highest BCUT2D eigenvalue weighted by Crippen LogP contribution is 2.32. The lowest BCUT2D eigenvalue weighted by molar-refractivity contribution is -0.384. The first-order chi connectivity index (χ1) is 11.4. The van der Waals surface area contributed by atoms with Crippen LogP contribution in [0.2, 0.25) is 5.02 Å². The SMILES string of the molecule is O=C(Nc1ccc(Br)cc1Cl)c1ccc(NC2CC2)c([N+](=O)[O-])c1. The van der Waals surface area contributed by atoms with E-state index in [2.05, 4.69) is 26.6 Å². The van der Waals surface area contributed by atoms with E-state index in [0.717, 1.165) is 17.3 Å². The van der Waals surface area contributed by atoms with E-state index in [1.54, 1.807) is 30.3 Å². The van der Waals surface area contributed by atoms with Gasteiger partial charge in [0.15, 0.2) is 0 Å². The van der Waals surface area contributed by atoms with Crippen molar-refractivity contribution in [2.75, 3.05) is 10.6 Å². The summed E-state index contributed by atoms with van der Waals surface area (Å²) in [6.45, 7) is 0. The maximum atomic E-state index is 12.3. The topological polar surface area (TPSA) is 84.3 Å². The number of nitrogens with zero attached hydrogens (tertiary/aromatic N) is 1. The Morgan fingerprint density at radius 1 is 1.21 bits per heavy atom. The van der Waals surface area contributed by atoms with Gasteiger partial charge in [-0.15, -0.1) is 0 Å². The Balaban J connectivity index is 1.83. The van der Waals surface area contributed by atoms with Crippen molar-refractivity contribution >= 4 is 50.5 Å². The predicted molar refractivity (Wildman–Crippen MR) is 96.8 cm³/mol. The van der Waals surface area contributed by atoms with E-state index in [1.807, 2.05) is 0 Å². The van der Waals surface area contributed by atoms with Crippen LogP contribution in [0.15, 0.2) is 40.9 Å². The third kappa shape index (κ3) is 3.85. The van der Waals surface area contributed by atoms with Crippen LogP contribution in [0.5, 0.6) is 0 Å². The van der Waals surface area contributed by atoms with Crippen LogP contribution in [-0.2, 0) is 0 Å². The number of hydrogen-bond acceptors (Lipinski definition) is 4. The van der Waals surface area contributed by atoms with Crippen LogP contribution in [0.3, 0.4) is 0 Å². The summed E-state index contributed by atoms with van der Waals surface area (Å²) in [5, 5.41) is 17.4. The molecule has 2 aromatic carbocycles. The number of halogens is 2. The van der Waals surface area contributed by atoms with E-state index in [-0.39, 0.29) is 17.3 Å². The van der Waals surface area contributed by atoms with Crippen LogP contribution in [0, 0.1) is 10.1 Å². The van der Waals surface area contributed by atoms with Gasteiger partial charge in [-0.25, -0.2) is 0 Å². The van der Waals surface area contributed by atoms with Gasteiger partial charge in [-0.1, -0.05) is 27.5 Å². The van der Waals surface area contributed by atoms with E-state index in [1.165, 1.54) is 6.07 Å². The molecule has 1 aliphatic rings. The lowest BCUT2D eigenvalue weighted by atomic mass is 10.1. The molecule has 1 fully saturated rings. The molecule has 1 aliphatic carbocycles. The molecule has 8 heteroatoms. The first kappa shape index (κ1) is 16.7. The van der Waals surface area contributed by atoms with Gasteiger partial charge >= 0.3 is 0 Å². The number of hydrogen-bond donors (Lipinski definition) is 2. The third-order valence-electron chi connectivity index (χ3n) is 3.57. The van der Waals surface area contributed by atoms with E-state index >= 15 is 0 Å². The highest BCUT2D eigenvalue weighted by atomic mass is 79.9. The van der Waals surface area contributed by atoms with Crippen molar-refractivity contribution in [2.45, 2.75) is 18.9 Å². The lowest BCUT2D eigenvalue weighted by Crippen LogP contribution is -2.13. The number of anilines is 2. The second kappa shape index (κ2) is 6.78. The summed E-state index contributed by atoms with van der Waals surface area (Å²) >= 11 is 9.36. The van der Waals surface area contributed by atoms with Gasteiger partial charge in [0.1, 0.15) is 5.69 Å². The van der Waals surface area contributed by atoms with E-state index in [0.29, 0.717) is 16.4 Å². The molecule has 1 saturated carbocycles. The number of carbonyl (C=O) groups excluding carboxylic acids is 1. The van der Waals surface area contributed by atoms with Crippen molar-refractivity contribution in [2.24, 2.45) is 0 Å². The van der Waals surface area contributed by atoms with E-state index in [4.69, 9.17) is 11.6 Å². The van der Waals surface area contributed by atoms with Crippen LogP contribution >= 0.6 is 27.5 Å². The van der Waals surface area contributed by atoms with Crippen molar-refractivity contribution in [3.05, 3.63) is 61.6 Å². The Bertz CT molecular complexity index is 824. The number of amides is 1. The first-order valence-corrected chi connectivity index (χ1v) is 8.42. The Morgan fingerprint density at radius 3 is 2.54 bits per heavy atom. The van der Waals surface area contributed by atoms with Crippen molar-refractivity contribution in [1.82, 2.24) is 0 Å². The van der Waals surface area contributed by atoms with E-state index < -0.39 is 10.8 Å². The van der Waals surface area contributed by atoms with Crippen molar-refractivity contribution in [1.29, 1.82) is 0 Å². The molecule has 0 saturated heterocycles. The highest BCUT2D eigenvalue weighted by molar-refractivity contribution is 9.10. The van der Waals surface area contributed by atoms with Gasteiger partial charge < -0.3 is 10.6 Å². The minimum Gasteiger partial charge on any atom is -0.377 e. The van der Waals surface area contributed by atoms with Crippen LogP contribution in [-0.4, -0.2) is 16.9 Å². The molecular weight excluding hydrogens is 398 g/mol. The molecule has 124 valence electrons. The summed E-state index contributed by atoms with van der Waals surface area (Å²) in [6, 6.07) is 9.72. The molecule has 0 aliphatic heterocycles. The molecule has 6 nitrogen and oxygen atoms in total. The molecule has 0 bridgehead atoms. The second-order valence-corrected chi connectivity index (χ2v) is 6.81. The lowest BCUT2D eigenvalue weighted by Gasteiger charge is -2.10. The second-order valence-electron chi connectivity index (χ2n) is 5.49. The zero-order valence-electron chi connectivity index (χ0n) is 12.4. The summed E-state index contributed by atoms with van der Waals surface area (Å²) in [4.78, 5) is 23.1. The number of benzene rings is 2. The Morgan fingerprint density at radius 2 is 1.92 bits per heavy atom. The normalized spacial score (nSPS) is 13.4. The van der Waals surface area contributed by atoms with Gasteiger partial charge in [0.2, 0.25) is 0 Å². The Kier molecular flexibility index (Phi) is 4.73. The molecule has 1 amide bonds.